The molecule has 1 saturated carbocycles. The van der Waals surface area contributed by atoms with Gasteiger partial charge in [-0.2, -0.15) is 5.10 Å². The second-order valence-corrected chi connectivity index (χ2v) is 5.14. The van der Waals surface area contributed by atoms with Crippen molar-refractivity contribution in [3.8, 4) is 0 Å². The van der Waals surface area contributed by atoms with Gasteiger partial charge in [-0.1, -0.05) is 44.2 Å². The SMILES string of the molecule is CCc1nn(C2CCCCCC2)c(Cl)c1[N+](=O)[O-]. The Hall–Kier alpha value is -1.10. The third-order valence-corrected chi connectivity index (χ3v) is 3.94. The fraction of sp³-hybridized carbons (Fsp3) is 0.750. The molecule has 2 rings (SSSR count). The van der Waals surface area contributed by atoms with Crippen LogP contribution in [-0.4, -0.2) is 14.7 Å². The summed E-state index contributed by atoms with van der Waals surface area (Å²) in [6, 6.07) is 0.221. The smallest absolute Gasteiger partial charge is 0.258 e. The van der Waals surface area contributed by atoms with Crippen LogP contribution >= 0.6 is 11.6 Å². The lowest BCUT2D eigenvalue weighted by Gasteiger charge is -2.14. The van der Waals surface area contributed by atoms with Gasteiger partial charge in [-0.25, -0.2) is 4.68 Å². The Kier molecular flexibility index (Phi) is 4.22. The maximum Gasteiger partial charge on any atom is 0.329 e. The Balaban J connectivity index is 2.35. The molecule has 0 spiro atoms. The van der Waals surface area contributed by atoms with Gasteiger partial charge in [0.25, 0.3) is 0 Å². The van der Waals surface area contributed by atoms with Gasteiger partial charge in [-0.05, 0) is 19.3 Å². The van der Waals surface area contributed by atoms with Crippen molar-refractivity contribution in [1.29, 1.82) is 0 Å². The van der Waals surface area contributed by atoms with Gasteiger partial charge in [0.1, 0.15) is 5.69 Å². The number of hydrogen-bond donors (Lipinski definition) is 0. The van der Waals surface area contributed by atoms with Crippen LogP contribution in [0.25, 0.3) is 0 Å². The molecule has 0 unspecified atom stereocenters. The molecule has 1 aromatic heterocycles. The van der Waals surface area contributed by atoms with Gasteiger partial charge in [0.2, 0.25) is 5.15 Å². The molecule has 0 atom stereocenters. The third-order valence-electron chi connectivity index (χ3n) is 3.59. The Labute approximate surface area is 111 Å². The minimum atomic E-state index is -0.415. The van der Waals surface area contributed by atoms with Crippen LogP contribution in [0.15, 0.2) is 0 Å². The number of halogens is 1. The molecule has 6 heteroatoms. The van der Waals surface area contributed by atoms with Crippen LogP contribution in [0.2, 0.25) is 5.15 Å². The molecule has 1 fully saturated rings. The molecule has 0 aromatic carbocycles. The number of aryl methyl sites for hydroxylation is 1. The first-order valence-corrected chi connectivity index (χ1v) is 6.94. The highest BCUT2D eigenvalue weighted by molar-refractivity contribution is 6.31. The maximum atomic E-state index is 11.0. The second-order valence-electron chi connectivity index (χ2n) is 4.79. The van der Waals surface area contributed by atoms with E-state index >= 15 is 0 Å². The normalized spacial score (nSPS) is 17.7. The summed E-state index contributed by atoms with van der Waals surface area (Å²) >= 11 is 6.15. The van der Waals surface area contributed by atoms with Crippen LogP contribution in [0.5, 0.6) is 0 Å². The average molecular weight is 272 g/mol. The molecule has 0 saturated heterocycles. The first-order chi connectivity index (χ1) is 8.65. The van der Waals surface area contributed by atoms with E-state index in [1.807, 2.05) is 6.92 Å². The summed E-state index contributed by atoms with van der Waals surface area (Å²) in [6.07, 6.45) is 7.33. The average Bonchev–Trinajstić information content (AvgIpc) is 2.54. The summed E-state index contributed by atoms with van der Waals surface area (Å²) in [5.41, 5.74) is 0.484. The Morgan fingerprint density at radius 1 is 1.39 bits per heavy atom. The molecule has 18 heavy (non-hydrogen) atoms. The van der Waals surface area contributed by atoms with E-state index < -0.39 is 4.92 Å². The zero-order valence-corrected chi connectivity index (χ0v) is 11.3. The molecular weight excluding hydrogens is 254 g/mol. The highest BCUT2D eigenvalue weighted by Gasteiger charge is 2.28. The summed E-state index contributed by atoms with van der Waals surface area (Å²) in [6.45, 7) is 1.86. The lowest BCUT2D eigenvalue weighted by molar-refractivity contribution is -0.385. The van der Waals surface area contributed by atoms with Crippen LogP contribution in [0.3, 0.4) is 0 Å². The van der Waals surface area contributed by atoms with E-state index in [-0.39, 0.29) is 16.9 Å². The summed E-state index contributed by atoms with van der Waals surface area (Å²) in [5.74, 6) is 0. The Morgan fingerprint density at radius 2 is 2.00 bits per heavy atom. The van der Waals surface area contributed by atoms with Gasteiger partial charge in [0.05, 0.1) is 11.0 Å². The van der Waals surface area contributed by atoms with Crippen LogP contribution in [0.1, 0.15) is 57.2 Å². The van der Waals surface area contributed by atoms with Crippen molar-refractivity contribution in [3.05, 3.63) is 21.0 Å². The fourth-order valence-electron chi connectivity index (χ4n) is 2.61. The molecule has 0 radical (unpaired) electrons. The zero-order valence-electron chi connectivity index (χ0n) is 10.6. The predicted molar refractivity (Wildman–Crippen MR) is 70.0 cm³/mol. The Bertz CT molecular complexity index is 437. The monoisotopic (exact) mass is 271 g/mol. The fourth-order valence-corrected chi connectivity index (χ4v) is 2.97. The molecular formula is C12H18ClN3O2. The topological polar surface area (TPSA) is 61.0 Å². The van der Waals surface area contributed by atoms with Crippen molar-refractivity contribution in [3.63, 3.8) is 0 Å². The quantitative estimate of drug-likeness (QED) is 0.476. The first-order valence-electron chi connectivity index (χ1n) is 6.56. The Morgan fingerprint density at radius 3 is 2.44 bits per heavy atom. The van der Waals surface area contributed by atoms with Crippen molar-refractivity contribution in [2.45, 2.75) is 57.9 Å². The lowest BCUT2D eigenvalue weighted by Crippen LogP contribution is -2.10. The maximum absolute atomic E-state index is 11.0. The predicted octanol–water partition coefficient (Wildman–Crippen LogP) is 3.90. The minimum absolute atomic E-state index is 0.0107. The number of aromatic nitrogens is 2. The lowest BCUT2D eigenvalue weighted by atomic mass is 10.1. The van der Waals surface area contributed by atoms with Crippen molar-refractivity contribution >= 4 is 17.3 Å². The molecule has 1 aromatic rings. The van der Waals surface area contributed by atoms with Crippen LogP contribution in [0, 0.1) is 10.1 Å². The molecule has 1 aliphatic carbocycles. The van der Waals surface area contributed by atoms with E-state index in [4.69, 9.17) is 11.6 Å². The van der Waals surface area contributed by atoms with Crippen LogP contribution in [0.4, 0.5) is 5.69 Å². The van der Waals surface area contributed by atoms with Gasteiger partial charge in [0, 0.05) is 0 Å². The van der Waals surface area contributed by atoms with Crippen molar-refractivity contribution in [2.75, 3.05) is 0 Å². The number of nitrogens with zero attached hydrogens (tertiary/aromatic N) is 3. The number of nitro groups is 1. The van der Waals surface area contributed by atoms with E-state index in [9.17, 15) is 10.1 Å². The third kappa shape index (κ3) is 2.51. The van der Waals surface area contributed by atoms with Gasteiger partial charge < -0.3 is 0 Å². The summed E-state index contributed by atoms with van der Waals surface area (Å²) in [4.78, 5) is 10.6. The van der Waals surface area contributed by atoms with E-state index in [1.165, 1.54) is 12.8 Å². The van der Waals surface area contributed by atoms with Crippen molar-refractivity contribution < 1.29 is 4.92 Å². The van der Waals surface area contributed by atoms with Gasteiger partial charge in [-0.3, -0.25) is 10.1 Å². The summed E-state index contributed by atoms with van der Waals surface area (Å²) in [5, 5.41) is 15.6. The highest BCUT2D eigenvalue weighted by Crippen LogP contribution is 2.35. The minimum Gasteiger partial charge on any atom is -0.258 e. The van der Waals surface area contributed by atoms with E-state index in [0.717, 1.165) is 25.7 Å². The summed E-state index contributed by atoms with van der Waals surface area (Å²) < 4.78 is 1.68. The van der Waals surface area contributed by atoms with Gasteiger partial charge >= 0.3 is 5.69 Å². The summed E-state index contributed by atoms with van der Waals surface area (Å²) in [7, 11) is 0. The van der Waals surface area contributed by atoms with Gasteiger partial charge in [-0.15, -0.1) is 0 Å². The van der Waals surface area contributed by atoms with E-state index in [0.29, 0.717) is 12.1 Å². The molecule has 5 nitrogen and oxygen atoms in total. The first kappa shape index (κ1) is 13.3. The standard InChI is InChI=1S/C12H18ClN3O2/c1-2-10-11(16(17)18)12(13)15(14-10)9-7-5-3-4-6-8-9/h9H,2-8H2,1H3. The largest absolute Gasteiger partial charge is 0.329 e. The van der Waals surface area contributed by atoms with Crippen LogP contribution < -0.4 is 0 Å². The van der Waals surface area contributed by atoms with Gasteiger partial charge in [0.15, 0.2) is 0 Å². The molecule has 1 heterocycles. The van der Waals surface area contributed by atoms with Crippen molar-refractivity contribution in [1.82, 2.24) is 9.78 Å². The van der Waals surface area contributed by atoms with E-state index in [2.05, 4.69) is 5.10 Å². The zero-order chi connectivity index (χ0) is 13.1. The second kappa shape index (κ2) is 5.69. The van der Waals surface area contributed by atoms with E-state index in [1.54, 1.807) is 4.68 Å². The molecule has 0 amide bonds. The number of hydrogen-bond acceptors (Lipinski definition) is 3. The van der Waals surface area contributed by atoms with Crippen LogP contribution in [-0.2, 0) is 6.42 Å². The number of rotatable bonds is 3. The molecule has 1 aliphatic rings. The molecule has 100 valence electrons. The molecule has 0 bridgehead atoms. The molecule has 0 N–H and O–H groups in total. The molecule has 0 aliphatic heterocycles. The van der Waals surface area contributed by atoms with Crippen molar-refractivity contribution in [2.24, 2.45) is 0 Å². The highest BCUT2D eigenvalue weighted by atomic mass is 35.5.